The summed E-state index contributed by atoms with van der Waals surface area (Å²) in [7, 11) is 3.01. The first-order valence-electron chi connectivity index (χ1n) is 10.5. The van der Waals surface area contributed by atoms with Crippen molar-refractivity contribution in [2.24, 2.45) is 0 Å². The maximum absolute atomic E-state index is 12.9. The molecule has 33 heavy (non-hydrogen) atoms. The standard InChI is InChI=1S/C26H28N2O4S/c1-16-12-17(2)14-20(13-16)28-25(29)18(3)33-21-9-6-8-19(15-21)27-26(30)24-22(31-4)10-7-11-23(24)32-5/h6-15,18H,1-5H3,(H,27,30)(H,28,29). The van der Waals surface area contributed by atoms with E-state index < -0.39 is 0 Å². The van der Waals surface area contributed by atoms with Crippen LogP contribution in [0.25, 0.3) is 0 Å². The van der Waals surface area contributed by atoms with Gasteiger partial charge in [-0.3, -0.25) is 9.59 Å². The van der Waals surface area contributed by atoms with Crippen LogP contribution in [0.1, 0.15) is 28.4 Å². The second-order valence-corrected chi connectivity index (χ2v) is 9.06. The van der Waals surface area contributed by atoms with Crippen LogP contribution >= 0.6 is 11.8 Å². The lowest BCUT2D eigenvalue weighted by molar-refractivity contribution is -0.115. The van der Waals surface area contributed by atoms with Crippen LogP contribution in [0.3, 0.4) is 0 Å². The molecule has 0 heterocycles. The third-order valence-electron chi connectivity index (χ3n) is 4.92. The molecule has 1 unspecified atom stereocenters. The quantitative estimate of drug-likeness (QED) is 0.419. The van der Waals surface area contributed by atoms with Crippen molar-refractivity contribution >= 4 is 35.0 Å². The van der Waals surface area contributed by atoms with Gasteiger partial charge in [-0.25, -0.2) is 0 Å². The number of nitrogens with one attached hydrogen (secondary N) is 2. The number of anilines is 2. The Morgan fingerprint density at radius 2 is 1.42 bits per heavy atom. The number of methoxy groups -OCH3 is 2. The number of rotatable bonds is 8. The van der Waals surface area contributed by atoms with Crippen molar-refractivity contribution in [2.75, 3.05) is 24.9 Å². The van der Waals surface area contributed by atoms with Crippen LogP contribution in [-0.4, -0.2) is 31.3 Å². The first kappa shape index (κ1) is 24.2. The number of hydrogen-bond acceptors (Lipinski definition) is 5. The van der Waals surface area contributed by atoms with E-state index in [9.17, 15) is 9.59 Å². The van der Waals surface area contributed by atoms with E-state index in [2.05, 4.69) is 16.7 Å². The molecule has 2 amide bonds. The Morgan fingerprint density at radius 1 is 0.818 bits per heavy atom. The average molecular weight is 465 g/mol. The molecule has 3 aromatic rings. The number of hydrogen-bond donors (Lipinski definition) is 2. The summed E-state index contributed by atoms with van der Waals surface area (Å²) >= 11 is 1.42. The van der Waals surface area contributed by atoms with Crippen LogP contribution in [0.5, 0.6) is 11.5 Å². The number of aryl methyl sites for hydroxylation is 2. The molecule has 0 aliphatic carbocycles. The van der Waals surface area contributed by atoms with Crippen LogP contribution in [0.4, 0.5) is 11.4 Å². The fourth-order valence-corrected chi connectivity index (χ4v) is 4.39. The average Bonchev–Trinajstić information content (AvgIpc) is 2.77. The number of thioether (sulfide) groups is 1. The van der Waals surface area contributed by atoms with Gasteiger partial charge in [0.05, 0.1) is 19.5 Å². The summed E-state index contributed by atoms with van der Waals surface area (Å²) in [6, 6.07) is 18.5. The summed E-state index contributed by atoms with van der Waals surface area (Å²) in [5, 5.41) is 5.54. The van der Waals surface area contributed by atoms with Crippen molar-refractivity contribution in [1.82, 2.24) is 0 Å². The maximum atomic E-state index is 12.9. The molecule has 0 aliphatic rings. The van der Waals surface area contributed by atoms with Gasteiger partial charge in [0.25, 0.3) is 5.91 Å². The second kappa shape index (κ2) is 10.9. The molecular weight excluding hydrogens is 436 g/mol. The normalized spacial score (nSPS) is 11.4. The highest BCUT2D eigenvalue weighted by atomic mass is 32.2. The summed E-state index contributed by atoms with van der Waals surface area (Å²) in [6.45, 7) is 5.86. The molecule has 0 bridgehead atoms. The van der Waals surface area contributed by atoms with Gasteiger partial charge in [0, 0.05) is 16.3 Å². The molecule has 6 nitrogen and oxygen atoms in total. The second-order valence-electron chi connectivity index (χ2n) is 7.65. The highest BCUT2D eigenvalue weighted by Gasteiger charge is 2.19. The van der Waals surface area contributed by atoms with Gasteiger partial charge in [-0.2, -0.15) is 0 Å². The molecule has 0 spiro atoms. The molecular formula is C26H28N2O4S. The van der Waals surface area contributed by atoms with E-state index in [0.29, 0.717) is 22.7 Å². The van der Waals surface area contributed by atoms with Gasteiger partial charge in [0.2, 0.25) is 5.91 Å². The van der Waals surface area contributed by atoms with E-state index in [1.54, 1.807) is 24.3 Å². The molecule has 172 valence electrons. The Morgan fingerprint density at radius 3 is 2.03 bits per heavy atom. The zero-order valence-corrected chi connectivity index (χ0v) is 20.2. The topological polar surface area (TPSA) is 76.7 Å². The summed E-state index contributed by atoms with van der Waals surface area (Å²) in [5.41, 5.74) is 3.92. The van der Waals surface area contributed by atoms with Crippen molar-refractivity contribution in [3.05, 3.63) is 77.4 Å². The lowest BCUT2D eigenvalue weighted by Gasteiger charge is -2.15. The highest BCUT2D eigenvalue weighted by molar-refractivity contribution is 8.00. The Hall–Kier alpha value is -3.45. The largest absolute Gasteiger partial charge is 0.496 e. The van der Waals surface area contributed by atoms with E-state index in [0.717, 1.165) is 21.7 Å². The molecule has 1 atom stereocenters. The van der Waals surface area contributed by atoms with E-state index in [1.807, 2.05) is 51.1 Å². The van der Waals surface area contributed by atoms with Crippen LogP contribution in [0.2, 0.25) is 0 Å². The van der Waals surface area contributed by atoms with Crippen LogP contribution in [0.15, 0.2) is 65.6 Å². The predicted octanol–water partition coefficient (Wildman–Crippen LogP) is 5.69. The summed E-state index contributed by atoms with van der Waals surface area (Å²) < 4.78 is 10.6. The number of carbonyl (C=O) groups excluding carboxylic acids is 2. The van der Waals surface area contributed by atoms with Crippen LogP contribution in [-0.2, 0) is 4.79 Å². The Bertz CT molecular complexity index is 1120. The zero-order chi connectivity index (χ0) is 24.0. The van der Waals surface area contributed by atoms with Crippen molar-refractivity contribution in [1.29, 1.82) is 0 Å². The third kappa shape index (κ3) is 6.29. The zero-order valence-electron chi connectivity index (χ0n) is 19.4. The summed E-state index contributed by atoms with van der Waals surface area (Å²) in [5.74, 6) is 0.424. The molecule has 0 saturated heterocycles. The van der Waals surface area contributed by atoms with Crippen molar-refractivity contribution < 1.29 is 19.1 Å². The van der Waals surface area contributed by atoms with Gasteiger partial charge in [-0.05, 0) is 74.4 Å². The lowest BCUT2D eigenvalue weighted by Crippen LogP contribution is -2.22. The lowest BCUT2D eigenvalue weighted by atomic mass is 10.1. The maximum Gasteiger partial charge on any atom is 0.263 e. The number of benzene rings is 3. The molecule has 0 aromatic heterocycles. The van der Waals surface area contributed by atoms with Crippen LogP contribution < -0.4 is 20.1 Å². The molecule has 2 N–H and O–H groups in total. The van der Waals surface area contributed by atoms with E-state index in [1.165, 1.54) is 26.0 Å². The fraction of sp³-hybridized carbons (Fsp3) is 0.231. The smallest absolute Gasteiger partial charge is 0.263 e. The molecule has 7 heteroatoms. The van der Waals surface area contributed by atoms with Crippen molar-refractivity contribution in [3.63, 3.8) is 0 Å². The first-order chi connectivity index (χ1) is 15.8. The molecule has 3 rings (SSSR count). The number of carbonyl (C=O) groups is 2. The third-order valence-corrected chi connectivity index (χ3v) is 6.01. The molecule has 3 aromatic carbocycles. The Labute approximate surface area is 198 Å². The van der Waals surface area contributed by atoms with Gasteiger partial charge in [-0.15, -0.1) is 11.8 Å². The van der Waals surface area contributed by atoms with Crippen molar-refractivity contribution in [2.45, 2.75) is 30.9 Å². The molecule has 0 radical (unpaired) electrons. The van der Waals surface area contributed by atoms with Gasteiger partial charge in [0.1, 0.15) is 17.1 Å². The van der Waals surface area contributed by atoms with Gasteiger partial charge >= 0.3 is 0 Å². The van der Waals surface area contributed by atoms with E-state index in [-0.39, 0.29) is 17.1 Å². The Kier molecular flexibility index (Phi) is 8.01. The van der Waals surface area contributed by atoms with E-state index in [4.69, 9.17) is 9.47 Å². The highest BCUT2D eigenvalue weighted by Crippen LogP contribution is 2.31. The monoisotopic (exact) mass is 464 g/mol. The van der Waals surface area contributed by atoms with E-state index >= 15 is 0 Å². The summed E-state index contributed by atoms with van der Waals surface area (Å²) in [4.78, 5) is 26.5. The number of ether oxygens (including phenoxy) is 2. The summed E-state index contributed by atoms with van der Waals surface area (Å²) in [6.07, 6.45) is 0. The predicted molar refractivity (Wildman–Crippen MR) is 134 cm³/mol. The van der Waals surface area contributed by atoms with Gasteiger partial charge < -0.3 is 20.1 Å². The molecule has 0 aliphatic heterocycles. The first-order valence-corrected chi connectivity index (χ1v) is 11.4. The van der Waals surface area contributed by atoms with Gasteiger partial charge in [0.15, 0.2) is 0 Å². The number of amides is 2. The minimum absolute atomic E-state index is 0.0850. The van der Waals surface area contributed by atoms with Crippen LogP contribution in [0, 0.1) is 13.8 Å². The molecule has 0 fully saturated rings. The minimum Gasteiger partial charge on any atom is -0.496 e. The minimum atomic E-state index is -0.341. The Balaban J connectivity index is 1.70. The van der Waals surface area contributed by atoms with Crippen molar-refractivity contribution in [3.8, 4) is 11.5 Å². The molecule has 0 saturated carbocycles. The SMILES string of the molecule is COc1cccc(OC)c1C(=O)Nc1cccc(SC(C)C(=O)Nc2cc(C)cc(C)c2)c1. The fourth-order valence-electron chi connectivity index (χ4n) is 3.46. The van der Waals surface area contributed by atoms with Gasteiger partial charge in [-0.1, -0.05) is 18.2 Å².